The highest BCUT2D eigenvalue weighted by atomic mass is 19.1. The summed E-state index contributed by atoms with van der Waals surface area (Å²) in [5.74, 6) is -0.903. The average molecular weight is 390 g/mol. The van der Waals surface area contributed by atoms with Gasteiger partial charge in [-0.25, -0.2) is 9.18 Å². The predicted molar refractivity (Wildman–Crippen MR) is 110 cm³/mol. The zero-order chi connectivity index (χ0) is 21.4. The number of hydrogen-bond acceptors (Lipinski definition) is 3. The maximum Gasteiger partial charge on any atom is 0.341 e. The second-order valence-electron chi connectivity index (χ2n) is 7.00. The van der Waals surface area contributed by atoms with Crippen molar-refractivity contribution in [3.8, 4) is 11.5 Å². The van der Waals surface area contributed by atoms with Crippen LogP contribution in [0.25, 0.3) is 0 Å². The fourth-order valence-electron chi connectivity index (χ4n) is 3.03. The van der Waals surface area contributed by atoms with Crippen molar-refractivity contribution in [2.45, 2.75) is 59.8 Å². The van der Waals surface area contributed by atoms with Crippen molar-refractivity contribution >= 4 is 5.97 Å². The van der Waals surface area contributed by atoms with Crippen LogP contribution in [0, 0.1) is 5.82 Å². The molecule has 154 valence electrons. The first kappa shape index (κ1) is 23.5. The number of aliphatic carboxylic acids is 1. The monoisotopic (exact) mass is 390 g/mol. The Morgan fingerprint density at radius 3 is 2.18 bits per heavy atom. The molecule has 0 atom stereocenters. The summed E-state index contributed by atoms with van der Waals surface area (Å²) in [5, 5.41) is 18.7. The molecule has 0 aliphatic heterocycles. The van der Waals surface area contributed by atoms with Gasteiger partial charge < -0.3 is 14.9 Å². The van der Waals surface area contributed by atoms with Crippen LogP contribution < -0.4 is 4.74 Å². The van der Waals surface area contributed by atoms with E-state index in [2.05, 4.69) is 0 Å². The molecule has 0 saturated heterocycles. The molecule has 4 nitrogen and oxygen atoms in total. The number of hydrogen-bond donors (Lipinski definition) is 2. The quantitative estimate of drug-likeness (QED) is 0.621. The Balaban J connectivity index is 0.00000190. The summed E-state index contributed by atoms with van der Waals surface area (Å²) < 4.78 is 20.1. The summed E-state index contributed by atoms with van der Waals surface area (Å²) in [6, 6.07) is 8.49. The van der Waals surface area contributed by atoms with Crippen LogP contribution in [0.3, 0.4) is 0 Å². The van der Waals surface area contributed by atoms with Gasteiger partial charge >= 0.3 is 5.97 Å². The van der Waals surface area contributed by atoms with E-state index in [0.717, 1.165) is 11.1 Å². The summed E-state index contributed by atoms with van der Waals surface area (Å²) in [7, 11) is 0. The minimum absolute atomic E-state index is 0.0252. The normalized spacial score (nSPS) is 10.6. The van der Waals surface area contributed by atoms with Gasteiger partial charge in [0.15, 0.2) is 6.61 Å². The van der Waals surface area contributed by atoms with E-state index < -0.39 is 12.6 Å². The summed E-state index contributed by atoms with van der Waals surface area (Å²) in [6.07, 6.45) is 0.387. The van der Waals surface area contributed by atoms with Gasteiger partial charge in [-0.05, 0) is 46.7 Å². The van der Waals surface area contributed by atoms with E-state index >= 15 is 0 Å². The van der Waals surface area contributed by atoms with Gasteiger partial charge in [-0.15, -0.1) is 0 Å². The van der Waals surface area contributed by atoms with Crippen molar-refractivity contribution < 1.29 is 24.1 Å². The van der Waals surface area contributed by atoms with Gasteiger partial charge in [0.05, 0.1) is 0 Å². The molecule has 0 spiro atoms. The zero-order valence-electron chi connectivity index (χ0n) is 17.5. The van der Waals surface area contributed by atoms with Crippen molar-refractivity contribution in [3.05, 3.63) is 58.4 Å². The van der Waals surface area contributed by atoms with Crippen LogP contribution in [-0.4, -0.2) is 22.8 Å². The fraction of sp³-hybridized carbons (Fsp3) is 0.435. The second-order valence-corrected chi connectivity index (χ2v) is 7.00. The maximum atomic E-state index is 14.8. The van der Waals surface area contributed by atoms with Gasteiger partial charge in [-0.2, -0.15) is 0 Å². The summed E-state index contributed by atoms with van der Waals surface area (Å²) >= 11 is 0. The SMILES string of the molecule is CC.CC(C)c1cc(OCC(=O)O)ccc1Cc1ccc(O)c(C(C)C)c1F. The average Bonchev–Trinajstić information content (AvgIpc) is 2.64. The number of halogens is 1. The first-order chi connectivity index (χ1) is 13.2. The topological polar surface area (TPSA) is 66.8 Å². The molecule has 2 rings (SSSR count). The van der Waals surface area contributed by atoms with Gasteiger partial charge in [0.25, 0.3) is 0 Å². The summed E-state index contributed by atoms with van der Waals surface area (Å²) in [6.45, 7) is 11.3. The van der Waals surface area contributed by atoms with Crippen LogP contribution in [-0.2, 0) is 11.2 Å². The van der Waals surface area contributed by atoms with Crippen molar-refractivity contribution in [1.29, 1.82) is 0 Å². The number of ether oxygens (including phenoxy) is 1. The standard InChI is InChI=1S/C21H25FO4.C2H6/c1-12(2)17-10-16(26-11-19(24)25)7-5-14(17)9-15-6-8-18(23)20(13(3)4)21(15)22;1-2/h5-8,10,12-13,23H,9,11H2,1-4H3,(H,24,25);1-2H3. The van der Waals surface area contributed by atoms with Crippen LogP contribution in [0.1, 0.15) is 75.6 Å². The van der Waals surface area contributed by atoms with E-state index in [0.29, 0.717) is 23.3 Å². The number of carbonyl (C=O) groups is 1. The molecule has 0 fully saturated rings. The highest BCUT2D eigenvalue weighted by molar-refractivity contribution is 5.68. The Morgan fingerprint density at radius 2 is 1.64 bits per heavy atom. The lowest BCUT2D eigenvalue weighted by molar-refractivity contribution is -0.139. The molecule has 0 unspecified atom stereocenters. The van der Waals surface area contributed by atoms with Crippen molar-refractivity contribution in [2.24, 2.45) is 0 Å². The van der Waals surface area contributed by atoms with Crippen molar-refractivity contribution in [1.82, 2.24) is 0 Å². The lowest BCUT2D eigenvalue weighted by Gasteiger charge is -2.17. The molecule has 0 aliphatic carbocycles. The molecule has 0 amide bonds. The highest BCUT2D eigenvalue weighted by Gasteiger charge is 2.18. The Bertz CT molecular complexity index is 797. The van der Waals surface area contributed by atoms with E-state index in [4.69, 9.17) is 9.84 Å². The number of phenols is 1. The Kier molecular flexibility index (Phi) is 8.97. The number of phenolic OH excluding ortho intramolecular Hbond substituents is 1. The predicted octanol–water partition coefficient (Wildman–Crippen LogP) is 5.86. The molecule has 0 radical (unpaired) electrons. The molecule has 2 N–H and O–H groups in total. The third kappa shape index (κ3) is 5.98. The largest absolute Gasteiger partial charge is 0.508 e. The number of aromatic hydroxyl groups is 1. The van der Waals surface area contributed by atoms with Gasteiger partial charge in [0.2, 0.25) is 0 Å². The Morgan fingerprint density at radius 1 is 1.04 bits per heavy atom. The fourth-order valence-corrected chi connectivity index (χ4v) is 3.03. The third-order valence-corrected chi connectivity index (χ3v) is 4.30. The second kappa shape index (κ2) is 10.7. The van der Waals surface area contributed by atoms with Crippen LogP contribution in [0.2, 0.25) is 0 Å². The number of carboxylic acid groups (broad SMARTS) is 1. The molecule has 2 aromatic rings. The number of rotatable bonds is 7. The molecular formula is C23H31FO4. The molecule has 0 aromatic heterocycles. The van der Waals surface area contributed by atoms with Gasteiger partial charge in [0, 0.05) is 12.0 Å². The third-order valence-electron chi connectivity index (χ3n) is 4.30. The number of carboxylic acids is 1. The van der Waals surface area contributed by atoms with Gasteiger partial charge in [-0.1, -0.05) is 53.7 Å². The minimum Gasteiger partial charge on any atom is -0.508 e. The number of benzene rings is 2. The Hall–Kier alpha value is -2.56. The van der Waals surface area contributed by atoms with Gasteiger partial charge in [0.1, 0.15) is 17.3 Å². The first-order valence-electron chi connectivity index (χ1n) is 9.68. The van der Waals surface area contributed by atoms with E-state index in [1.165, 1.54) is 6.07 Å². The molecule has 0 heterocycles. The highest BCUT2D eigenvalue weighted by Crippen LogP contribution is 2.33. The van der Waals surface area contributed by atoms with Gasteiger partial charge in [-0.3, -0.25) is 0 Å². The molecule has 28 heavy (non-hydrogen) atoms. The minimum atomic E-state index is -1.03. The molecule has 2 aromatic carbocycles. The van der Waals surface area contributed by atoms with Crippen LogP contribution in [0.15, 0.2) is 30.3 Å². The molecule has 0 saturated carbocycles. The lowest BCUT2D eigenvalue weighted by Crippen LogP contribution is -2.10. The smallest absolute Gasteiger partial charge is 0.341 e. The van der Waals surface area contributed by atoms with E-state index in [9.17, 15) is 14.3 Å². The summed E-state index contributed by atoms with van der Waals surface area (Å²) in [4.78, 5) is 10.7. The molecule has 5 heteroatoms. The van der Waals surface area contributed by atoms with E-state index in [1.807, 2.05) is 53.7 Å². The van der Waals surface area contributed by atoms with E-state index in [1.54, 1.807) is 12.1 Å². The molecule has 0 bridgehead atoms. The van der Waals surface area contributed by atoms with Crippen LogP contribution in [0.4, 0.5) is 4.39 Å². The molecule has 0 aliphatic rings. The van der Waals surface area contributed by atoms with E-state index in [-0.39, 0.29) is 23.4 Å². The van der Waals surface area contributed by atoms with Crippen LogP contribution >= 0.6 is 0 Å². The van der Waals surface area contributed by atoms with Crippen molar-refractivity contribution in [3.63, 3.8) is 0 Å². The molecular weight excluding hydrogens is 359 g/mol. The Labute approximate surface area is 167 Å². The van der Waals surface area contributed by atoms with Crippen molar-refractivity contribution in [2.75, 3.05) is 6.61 Å². The van der Waals surface area contributed by atoms with Crippen LogP contribution in [0.5, 0.6) is 11.5 Å². The summed E-state index contributed by atoms with van der Waals surface area (Å²) in [5.41, 5.74) is 2.77. The zero-order valence-corrected chi connectivity index (χ0v) is 17.5. The lowest BCUT2D eigenvalue weighted by atomic mass is 9.90. The maximum absolute atomic E-state index is 14.8. The first-order valence-corrected chi connectivity index (χ1v) is 9.68.